The average molecular weight is 273 g/mol. The molecule has 1 saturated heterocycles. The number of hydrogen-bond donors (Lipinski definition) is 0. The van der Waals surface area contributed by atoms with Gasteiger partial charge in [0.25, 0.3) is 0 Å². The fourth-order valence-electron chi connectivity index (χ4n) is 4.03. The lowest BCUT2D eigenvalue weighted by atomic mass is 9.60. The molecule has 3 heteroatoms. The van der Waals surface area contributed by atoms with E-state index < -0.39 is 5.41 Å². The summed E-state index contributed by atoms with van der Waals surface area (Å²) in [5.41, 5.74) is 2.15. The molecule has 0 radical (unpaired) electrons. The Bertz CT molecular complexity index is 513. The summed E-state index contributed by atoms with van der Waals surface area (Å²) in [6.07, 6.45) is 3.04. The number of carbonyl (C=O) groups excluding carboxylic acids is 1. The van der Waals surface area contributed by atoms with Crippen molar-refractivity contribution < 1.29 is 9.53 Å². The molecule has 0 aromatic heterocycles. The van der Waals surface area contributed by atoms with Crippen molar-refractivity contribution in [2.24, 2.45) is 5.92 Å². The molecule has 0 N–H and O–H groups in total. The van der Waals surface area contributed by atoms with E-state index in [0.717, 1.165) is 32.4 Å². The van der Waals surface area contributed by atoms with Crippen LogP contribution in [-0.4, -0.2) is 37.6 Å². The minimum absolute atomic E-state index is 0.00903. The summed E-state index contributed by atoms with van der Waals surface area (Å²) < 4.78 is 5.48. The molecule has 108 valence electrons. The van der Waals surface area contributed by atoms with Gasteiger partial charge in [-0.1, -0.05) is 24.3 Å². The van der Waals surface area contributed by atoms with E-state index >= 15 is 0 Å². The van der Waals surface area contributed by atoms with Crippen LogP contribution in [-0.2, 0) is 21.4 Å². The molecule has 0 saturated carbocycles. The largest absolute Gasteiger partial charge is 0.465 e. The summed E-state index contributed by atoms with van der Waals surface area (Å²) in [5, 5.41) is 0. The van der Waals surface area contributed by atoms with Crippen molar-refractivity contribution >= 4 is 5.97 Å². The number of carbonyl (C=O) groups is 1. The molecule has 1 aliphatic heterocycles. The Labute approximate surface area is 120 Å². The molecule has 1 aliphatic carbocycles. The number of esters is 1. The first-order valence-electron chi connectivity index (χ1n) is 7.62. The fraction of sp³-hybridized carbons (Fsp3) is 0.588. The highest BCUT2D eigenvalue weighted by atomic mass is 16.5. The van der Waals surface area contributed by atoms with Crippen LogP contribution in [0.5, 0.6) is 0 Å². The third kappa shape index (κ3) is 1.96. The van der Waals surface area contributed by atoms with Gasteiger partial charge in [-0.3, -0.25) is 4.79 Å². The monoisotopic (exact) mass is 273 g/mol. The third-order valence-corrected chi connectivity index (χ3v) is 5.02. The number of nitrogens with zero attached hydrogens (tertiary/aromatic N) is 1. The number of hydrogen-bond acceptors (Lipinski definition) is 3. The second-order valence-corrected chi connectivity index (χ2v) is 6.10. The van der Waals surface area contributed by atoms with E-state index in [9.17, 15) is 4.79 Å². The Hall–Kier alpha value is -1.35. The van der Waals surface area contributed by atoms with E-state index in [4.69, 9.17) is 4.74 Å². The minimum Gasteiger partial charge on any atom is -0.465 e. The van der Waals surface area contributed by atoms with Gasteiger partial charge in [0.15, 0.2) is 0 Å². The maximum Gasteiger partial charge on any atom is 0.316 e. The Morgan fingerprint density at radius 2 is 2.25 bits per heavy atom. The topological polar surface area (TPSA) is 29.5 Å². The molecule has 1 fully saturated rings. The van der Waals surface area contributed by atoms with Gasteiger partial charge in [-0.05, 0) is 56.8 Å². The quantitative estimate of drug-likeness (QED) is 0.775. The molecule has 1 aromatic rings. The van der Waals surface area contributed by atoms with Crippen molar-refractivity contribution in [1.29, 1.82) is 0 Å². The van der Waals surface area contributed by atoms with Crippen molar-refractivity contribution in [2.75, 3.05) is 26.7 Å². The van der Waals surface area contributed by atoms with Gasteiger partial charge < -0.3 is 9.64 Å². The molecule has 20 heavy (non-hydrogen) atoms. The summed E-state index contributed by atoms with van der Waals surface area (Å²) in [6.45, 7) is 4.31. The van der Waals surface area contributed by atoms with Crippen LogP contribution in [0.3, 0.4) is 0 Å². The lowest BCUT2D eigenvalue weighted by Crippen LogP contribution is -2.55. The van der Waals surface area contributed by atoms with E-state index in [1.807, 2.05) is 6.92 Å². The first-order chi connectivity index (χ1) is 9.68. The van der Waals surface area contributed by atoms with Crippen LogP contribution in [0, 0.1) is 5.92 Å². The zero-order chi connectivity index (χ0) is 14.2. The molecule has 3 nitrogen and oxygen atoms in total. The Morgan fingerprint density at radius 1 is 1.45 bits per heavy atom. The number of piperidine rings is 1. The van der Waals surface area contributed by atoms with Crippen molar-refractivity contribution in [3.8, 4) is 0 Å². The maximum absolute atomic E-state index is 12.8. The first kappa shape index (κ1) is 13.6. The molecule has 1 aromatic carbocycles. The number of likely N-dealkylation sites (tertiary alicyclic amines) is 1. The van der Waals surface area contributed by atoms with Crippen molar-refractivity contribution in [3.63, 3.8) is 0 Å². The number of benzene rings is 1. The summed E-state index contributed by atoms with van der Waals surface area (Å²) in [7, 11) is 2.15. The second kappa shape index (κ2) is 5.21. The molecule has 0 unspecified atom stereocenters. The van der Waals surface area contributed by atoms with Crippen LogP contribution < -0.4 is 0 Å². The van der Waals surface area contributed by atoms with E-state index in [-0.39, 0.29) is 5.97 Å². The lowest BCUT2D eigenvalue weighted by molar-refractivity contribution is -0.156. The summed E-state index contributed by atoms with van der Waals surface area (Å²) in [6, 6.07) is 8.45. The van der Waals surface area contributed by atoms with Gasteiger partial charge in [0, 0.05) is 6.54 Å². The van der Waals surface area contributed by atoms with E-state index in [1.54, 1.807) is 0 Å². The smallest absolute Gasteiger partial charge is 0.316 e. The van der Waals surface area contributed by atoms with Crippen LogP contribution in [0.1, 0.15) is 30.9 Å². The van der Waals surface area contributed by atoms with E-state index in [1.165, 1.54) is 11.1 Å². The lowest BCUT2D eigenvalue weighted by Gasteiger charge is -2.48. The summed E-state index contributed by atoms with van der Waals surface area (Å²) in [5.74, 6) is 0.375. The summed E-state index contributed by atoms with van der Waals surface area (Å²) in [4.78, 5) is 15.1. The van der Waals surface area contributed by atoms with Crippen LogP contribution in [0.15, 0.2) is 24.3 Å². The second-order valence-electron chi connectivity index (χ2n) is 6.10. The number of ether oxygens (including phenoxy) is 1. The van der Waals surface area contributed by atoms with Gasteiger partial charge in [-0.2, -0.15) is 0 Å². The molecule has 3 rings (SSSR count). The molecular weight excluding hydrogens is 250 g/mol. The number of rotatable bonds is 2. The molecule has 0 bridgehead atoms. The number of fused-ring (bicyclic) bond motifs is 3. The SMILES string of the molecule is CCOC(=O)[C@@]12CCN(C)C[C@H]1CCc1ccccc12. The highest BCUT2D eigenvalue weighted by Gasteiger charge is 2.53. The Balaban J connectivity index is 2.09. The van der Waals surface area contributed by atoms with Crippen LogP contribution >= 0.6 is 0 Å². The highest BCUT2D eigenvalue weighted by Crippen LogP contribution is 2.47. The predicted molar refractivity (Wildman–Crippen MR) is 78.7 cm³/mol. The van der Waals surface area contributed by atoms with Gasteiger partial charge in [0.1, 0.15) is 0 Å². The van der Waals surface area contributed by atoms with Gasteiger partial charge in [-0.25, -0.2) is 0 Å². The molecule has 2 atom stereocenters. The fourth-order valence-corrected chi connectivity index (χ4v) is 4.03. The highest BCUT2D eigenvalue weighted by molar-refractivity contribution is 5.85. The molecular formula is C17H23NO2. The zero-order valence-corrected chi connectivity index (χ0v) is 12.4. The third-order valence-electron chi connectivity index (χ3n) is 5.02. The molecule has 1 heterocycles. The van der Waals surface area contributed by atoms with Gasteiger partial charge in [0.2, 0.25) is 0 Å². The van der Waals surface area contributed by atoms with Crippen molar-refractivity contribution in [2.45, 2.75) is 31.6 Å². The van der Waals surface area contributed by atoms with Crippen LogP contribution in [0.25, 0.3) is 0 Å². The van der Waals surface area contributed by atoms with Crippen LogP contribution in [0.4, 0.5) is 0 Å². The van der Waals surface area contributed by atoms with Gasteiger partial charge in [-0.15, -0.1) is 0 Å². The van der Waals surface area contributed by atoms with E-state index in [0.29, 0.717) is 12.5 Å². The summed E-state index contributed by atoms with van der Waals surface area (Å²) >= 11 is 0. The minimum atomic E-state index is -0.405. The normalized spacial score (nSPS) is 29.4. The van der Waals surface area contributed by atoms with Crippen molar-refractivity contribution in [3.05, 3.63) is 35.4 Å². The standard InChI is InChI=1S/C17H23NO2/c1-3-20-16(19)17-10-11-18(2)12-14(17)9-8-13-6-4-5-7-15(13)17/h4-7,14H,3,8-12H2,1-2H3/t14-,17+/m1/s1. The maximum atomic E-state index is 12.8. The molecule has 2 aliphatic rings. The Kier molecular flexibility index (Phi) is 3.55. The predicted octanol–water partition coefficient (Wildman–Crippen LogP) is 2.39. The average Bonchev–Trinajstić information content (AvgIpc) is 2.47. The van der Waals surface area contributed by atoms with Crippen molar-refractivity contribution in [1.82, 2.24) is 4.90 Å². The van der Waals surface area contributed by atoms with Gasteiger partial charge in [0.05, 0.1) is 12.0 Å². The number of aryl methyl sites for hydroxylation is 1. The molecule has 0 spiro atoms. The first-order valence-corrected chi connectivity index (χ1v) is 7.62. The van der Waals surface area contributed by atoms with E-state index in [2.05, 4.69) is 36.2 Å². The van der Waals surface area contributed by atoms with Crippen LogP contribution in [0.2, 0.25) is 0 Å². The van der Waals surface area contributed by atoms with Gasteiger partial charge >= 0.3 is 5.97 Å². The Morgan fingerprint density at radius 3 is 3.05 bits per heavy atom. The molecule has 0 amide bonds. The zero-order valence-electron chi connectivity index (χ0n) is 12.4.